The van der Waals surface area contributed by atoms with Gasteiger partial charge in [0.2, 0.25) is 0 Å². The Hall–Kier alpha value is -1.68. The standard InChI is InChI=1S/C10H16N4O5/c1-18-8-7(16)4(3-15)19-9(8)14-6(12)2-5(11)13-10(14)17/h2,4,7-9,15-16H,3,12H2,1H3,(H2,11,13,17)/t4-,7?,8?,9-/m1/s1. The molecular weight excluding hydrogens is 256 g/mol. The zero-order valence-corrected chi connectivity index (χ0v) is 10.3. The number of nitrogens with zero attached hydrogens (tertiary/aromatic N) is 2. The van der Waals surface area contributed by atoms with Crippen molar-refractivity contribution in [3.63, 3.8) is 0 Å². The van der Waals surface area contributed by atoms with Crippen LogP contribution in [0.4, 0.5) is 11.6 Å². The molecule has 6 N–H and O–H groups in total. The molecule has 1 aromatic heterocycles. The first-order valence-corrected chi connectivity index (χ1v) is 5.61. The normalized spacial score (nSPS) is 30.7. The molecule has 0 spiro atoms. The van der Waals surface area contributed by atoms with E-state index in [1.165, 1.54) is 13.2 Å². The van der Waals surface area contributed by atoms with Crippen LogP contribution in [0.2, 0.25) is 0 Å². The number of aliphatic hydroxyl groups excluding tert-OH is 2. The highest BCUT2D eigenvalue weighted by Gasteiger charge is 2.45. The summed E-state index contributed by atoms with van der Waals surface area (Å²) in [6, 6.07) is 1.30. The number of aromatic nitrogens is 2. The molecule has 0 amide bonds. The van der Waals surface area contributed by atoms with Crippen molar-refractivity contribution >= 4 is 11.6 Å². The lowest BCUT2D eigenvalue weighted by Crippen LogP contribution is -2.38. The summed E-state index contributed by atoms with van der Waals surface area (Å²) in [5, 5.41) is 19.0. The molecule has 4 atom stereocenters. The van der Waals surface area contributed by atoms with Gasteiger partial charge in [0, 0.05) is 13.2 Å². The number of rotatable bonds is 3. The Kier molecular flexibility index (Phi) is 3.71. The third kappa shape index (κ3) is 2.28. The topological polar surface area (TPSA) is 146 Å². The summed E-state index contributed by atoms with van der Waals surface area (Å²) in [4.78, 5) is 15.4. The first-order chi connectivity index (χ1) is 8.99. The van der Waals surface area contributed by atoms with Gasteiger partial charge in [0.05, 0.1) is 6.61 Å². The molecule has 1 aliphatic rings. The van der Waals surface area contributed by atoms with E-state index >= 15 is 0 Å². The number of anilines is 2. The summed E-state index contributed by atoms with van der Waals surface area (Å²) in [5.41, 5.74) is 10.4. The molecule has 1 saturated heterocycles. The highest BCUT2D eigenvalue weighted by molar-refractivity contribution is 5.41. The minimum Gasteiger partial charge on any atom is -0.394 e. The van der Waals surface area contributed by atoms with Gasteiger partial charge in [-0.25, -0.2) is 9.36 Å². The summed E-state index contributed by atoms with van der Waals surface area (Å²) >= 11 is 0. The lowest BCUT2D eigenvalue weighted by Gasteiger charge is -2.21. The van der Waals surface area contributed by atoms with E-state index in [0.717, 1.165) is 4.57 Å². The van der Waals surface area contributed by atoms with Gasteiger partial charge in [-0.3, -0.25) is 0 Å². The van der Waals surface area contributed by atoms with Gasteiger partial charge in [-0.2, -0.15) is 4.98 Å². The molecular formula is C10H16N4O5. The third-order valence-electron chi connectivity index (χ3n) is 3.02. The second kappa shape index (κ2) is 5.13. The van der Waals surface area contributed by atoms with E-state index < -0.39 is 36.8 Å². The molecule has 19 heavy (non-hydrogen) atoms. The van der Waals surface area contributed by atoms with Crippen LogP contribution in [-0.2, 0) is 9.47 Å². The number of aliphatic hydroxyl groups is 2. The van der Waals surface area contributed by atoms with Crippen molar-refractivity contribution in [1.82, 2.24) is 9.55 Å². The predicted molar refractivity (Wildman–Crippen MR) is 65.1 cm³/mol. The van der Waals surface area contributed by atoms with Crippen molar-refractivity contribution in [2.75, 3.05) is 25.2 Å². The largest absolute Gasteiger partial charge is 0.394 e. The third-order valence-corrected chi connectivity index (χ3v) is 3.02. The second-order valence-electron chi connectivity index (χ2n) is 4.20. The van der Waals surface area contributed by atoms with Gasteiger partial charge in [-0.1, -0.05) is 0 Å². The summed E-state index contributed by atoms with van der Waals surface area (Å²) in [5.74, 6) is 0.0281. The van der Waals surface area contributed by atoms with Crippen LogP contribution >= 0.6 is 0 Å². The summed E-state index contributed by atoms with van der Waals surface area (Å²) in [6.07, 6.45) is -3.76. The van der Waals surface area contributed by atoms with Crippen molar-refractivity contribution in [2.24, 2.45) is 0 Å². The first kappa shape index (κ1) is 13.7. The van der Waals surface area contributed by atoms with Crippen LogP contribution in [0.5, 0.6) is 0 Å². The van der Waals surface area contributed by atoms with Crippen LogP contribution < -0.4 is 17.2 Å². The van der Waals surface area contributed by atoms with Gasteiger partial charge < -0.3 is 31.2 Å². The van der Waals surface area contributed by atoms with E-state index in [1.807, 2.05) is 0 Å². The Balaban J connectivity index is 2.44. The second-order valence-corrected chi connectivity index (χ2v) is 4.20. The van der Waals surface area contributed by atoms with E-state index in [2.05, 4.69) is 4.98 Å². The minimum absolute atomic E-state index is 0.00929. The molecule has 0 radical (unpaired) electrons. The molecule has 1 fully saturated rings. The molecule has 1 aromatic rings. The van der Waals surface area contributed by atoms with Gasteiger partial charge in [0.15, 0.2) is 6.23 Å². The van der Waals surface area contributed by atoms with E-state index in [9.17, 15) is 9.90 Å². The van der Waals surface area contributed by atoms with Crippen molar-refractivity contribution in [1.29, 1.82) is 0 Å². The zero-order valence-electron chi connectivity index (χ0n) is 10.3. The Bertz CT molecular complexity index is 519. The van der Waals surface area contributed by atoms with E-state index in [-0.39, 0.29) is 11.6 Å². The summed E-state index contributed by atoms with van der Waals surface area (Å²) < 4.78 is 11.5. The van der Waals surface area contributed by atoms with Crippen LogP contribution in [0.15, 0.2) is 10.9 Å². The quantitative estimate of drug-likeness (QED) is 0.479. The predicted octanol–water partition coefficient (Wildman–Crippen LogP) is -2.33. The average Bonchev–Trinajstić information content (AvgIpc) is 2.64. The fourth-order valence-electron chi connectivity index (χ4n) is 2.12. The van der Waals surface area contributed by atoms with Crippen molar-refractivity contribution in [3.8, 4) is 0 Å². The molecule has 2 heterocycles. The number of hydrogen-bond donors (Lipinski definition) is 4. The van der Waals surface area contributed by atoms with Crippen LogP contribution in [0.3, 0.4) is 0 Å². The summed E-state index contributed by atoms with van der Waals surface area (Å²) in [6.45, 7) is -0.408. The molecule has 106 valence electrons. The van der Waals surface area contributed by atoms with Crippen molar-refractivity contribution < 1.29 is 19.7 Å². The Morgan fingerprint density at radius 3 is 2.79 bits per heavy atom. The average molecular weight is 272 g/mol. The van der Waals surface area contributed by atoms with E-state index in [4.69, 9.17) is 26.0 Å². The fraction of sp³-hybridized carbons (Fsp3) is 0.600. The van der Waals surface area contributed by atoms with Gasteiger partial charge >= 0.3 is 5.69 Å². The van der Waals surface area contributed by atoms with E-state index in [0.29, 0.717) is 0 Å². The minimum atomic E-state index is -1.08. The number of nitrogen functional groups attached to an aromatic ring is 2. The van der Waals surface area contributed by atoms with Crippen molar-refractivity contribution in [3.05, 3.63) is 16.6 Å². The number of methoxy groups -OCH3 is 1. The Morgan fingerprint density at radius 2 is 2.26 bits per heavy atom. The Labute approximate surface area is 108 Å². The van der Waals surface area contributed by atoms with Crippen molar-refractivity contribution in [2.45, 2.75) is 24.5 Å². The number of ether oxygens (including phenoxy) is 2. The lowest BCUT2D eigenvalue weighted by atomic mass is 10.1. The smallest absolute Gasteiger partial charge is 0.353 e. The molecule has 0 aromatic carbocycles. The molecule has 9 heteroatoms. The highest BCUT2D eigenvalue weighted by atomic mass is 16.6. The molecule has 1 aliphatic heterocycles. The molecule has 0 aliphatic carbocycles. The summed E-state index contributed by atoms with van der Waals surface area (Å²) in [7, 11) is 1.36. The van der Waals surface area contributed by atoms with Crippen LogP contribution in [0.25, 0.3) is 0 Å². The van der Waals surface area contributed by atoms with Crippen LogP contribution in [0, 0.1) is 0 Å². The maximum absolute atomic E-state index is 11.8. The van der Waals surface area contributed by atoms with Crippen LogP contribution in [-0.4, -0.2) is 51.8 Å². The zero-order chi connectivity index (χ0) is 14.2. The SMILES string of the molecule is COC1C(O)[C@@H](CO)O[C@H]1n1c(N)cc(N)nc1=O. The highest BCUT2D eigenvalue weighted by Crippen LogP contribution is 2.31. The molecule has 9 nitrogen and oxygen atoms in total. The number of nitrogens with two attached hydrogens (primary N) is 2. The molecule has 2 unspecified atom stereocenters. The van der Waals surface area contributed by atoms with Gasteiger partial charge in [-0.15, -0.1) is 0 Å². The Morgan fingerprint density at radius 1 is 1.58 bits per heavy atom. The van der Waals surface area contributed by atoms with Gasteiger partial charge in [-0.05, 0) is 0 Å². The fourth-order valence-corrected chi connectivity index (χ4v) is 2.12. The van der Waals surface area contributed by atoms with Gasteiger partial charge in [0.1, 0.15) is 29.9 Å². The maximum Gasteiger partial charge on any atom is 0.353 e. The molecule has 0 saturated carbocycles. The monoisotopic (exact) mass is 272 g/mol. The first-order valence-electron chi connectivity index (χ1n) is 5.61. The van der Waals surface area contributed by atoms with Gasteiger partial charge in [0.25, 0.3) is 0 Å². The van der Waals surface area contributed by atoms with E-state index in [1.54, 1.807) is 0 Å². The number of hydrogen-bond acceptors (Lipinski definition) is 8. The molecule has 0 bridgehead atoms. The molecule has 2 rings (SSSR count). The lowest BCUT2D eigenvalue weighted by molar-refractivity contribution is -0.0612. The maximum atomic E-state index is 11.8. The van der Waals surface area contributed by atoms with Crippen LogP contribution in [0.1, 0.15) is 6.23 Å².